The summed E-state index contributed by atoms with van der Waals surface area (Å²) in [5.74, 6) is 2.00. The Kier molecular flexibility index (Phi) is 5.78. The van der Waals surface area contributed by atoms with Crippen LogP contribution in [0.15, 0.2) is 35.6 Å². The Labute approximate surface area is 194 Å². The highest BCUT2D eigenvalue weighted by Crippen LogP contribution is 2.41. The summed E-state index contributed by atoms with van der Waals surface area (Å²) in [7, 11) is 3.59. The number of aromatic nitrogens is 2. The second-order valence-electron chi connectivity index (χ2n) is 9.54. The largest absolute Gasteiger partial charge is 0.488 e. The molecule has 8 heteroatoms. The van der Waals surface area contributed by atoms with Gasteiger partial charge in [0.05, 0.1) is 24.6 Å². The van der Waals surface area contributed by atoms with Crippen molar-refractivity contribution in [1.82, 2.24) is 14.9 Å². The van der Waals surface area contributed by atoms with E-state index < -0.39 is 0 Å². The maximum absolute atomic E-state index is 12.1. The number of benzene rings is 1. The lowest BCUT2D eigenvalue weighted by Crippen LogP contribution is -2.41. The molecule has 33 heavy (non-hydrogen) atoms. The van der Waals surface area contributed by atoms with E-state index in [0.29, 0.717) is 19.6 Å². The van der Waals surface area contributed by atoms with Gasteiger partial charge in [-0.25, -0.2) is 9.97 Å². The van der Waals surface area contributed by atoms with Gasteiger partial charge in [0.1, 0.15) is 24.0 Å². The van der Waals surface area contributed by atoms with Crippen LogP contribution in [0.4, 0.5) is 5.82 Å². The molecule has 0 saturated carbocycles. The number of anilines is 1. The number of carbonyl (C=O) groups is 1. The third-order valence-corrected chi connectivity index (χ3v) is 7.05. The molecule has 2 fully saturated rings. The molecule has 1 aromatic carbocycles. The number of hydrogen-bond donors (Lipinski definition) is 0. The summed E-state index contributed by atoms with van der Waals surface area (Å²) >= 11 is 0. The normalized spacial score (nSPS) is 20.2. The Balaban J connectivity index is 1.32. The molecule has 0 unspecified atom stereocenters. The molecule has 2 saturated heterocycles. The molecule has 2 aromatic rings. The second kappa shape index (κ2) is 8.74. The van der Waals surface area contributed by atoms with Crippen LogP contribution in [0, 0.1) is 5.41 Å². The highest BCUT2D eigenvalue weighted by atomic mass is 16.5. The lowest BCUT2D eigenvalue weighted by molar-refractivity contribution is -0.126. The van der Waals surface area contributed by atoms with Gasteiger partial charge in [0.2, 0.25) is 5.91 Å². The summed E-state index contributed by atoms with van der Waals surface area (Å²) in [5, 5.41) is 0. The highest BCUT2D eigenvalue weighted by Gasteiger charge is 2.43. The Morgan fingerprint density at radius 2 is 2.00 bits per heavy atom. The topological polar surface area (TPSA) is 80.2 Å². The van der Waals surface area contributed by atoms with Gasteiger partial charge in [-0.15, -0.1) is 0 Å². The lowest BCUT2D eigenvalue weighted by atomic mass is 9.77. The van der Waals surface area contributed by atoms with Crippen molar-refractivity contribution in [1.29, 1.82) is 0 Å². The summed E-state index contributed by atoms with van der Waals surface area (Å²) in [4.78, 5) is 30.1. The van der Waals surface area contributed by atoms with E-state index in [1.54, 1.807) is 13.4 Å². The zero-order chi connectivity index (χ0) is 23.0. The number of ether oxygens (including phenoxy) is 2. The molecule has 3 aliphatic heterocycles. The first kappa shape index (κ1) is 21.8. The molecule has 1 amide bonds. The van der Waals surface area contributed by atoms with Gasteiger partial charge in [-0.1, -0.05) is 6.07 Å². The molecule has 0 aliphatic carbocycles. The zero-order valence-electron chi connectivity index (χ0n) is 19.6. The Bertz CT molecular complexity index is 1080. The van der Waals surface area contributed by atoms with E-state index in [-0.39, 0.29) is 17.4 Å². The smallest absolute Gasteiger partial charge is 0.222 e. The van der Waals surface area contributed by atoms with Crippen molar-refractivity contribution >= 4 is 17.4 Å². The van der Waals surface area contributed by atoms with Crippen molar-refractivity contribution in [3.8, 4) is 5.75 Å². The van der Waals surface area contributed by atoms with E-state index >= 15 is 0 Å². The molecular weight excluding hydrogens is 418 g/mol. The van der Waals surface area contributed by atoms with Crippen LogP contribution in [-0.2, 0) is 16.1 Å². The number of amides is 1. The number of likely N-dealkylation sites (tertiary alicyclic amines) is 1. The number of methoxy groups -OCH3 is 1. The van der Waals surface area contributed by atoms with E-state index in [1.807, 2.05) is 37.1 Å². The van der Waals surface area contributed by atoms with Gasteiger partial charge in [-0.3, -0.25) is 9.79 Å². The summed E-state index contributed by atoms with van der Waals surface area (Å²) in [5.41, 5.74) is 4.08. The zero-order valence-corrected chi connectivity index (χ0v) is 19.6. The summed E-state index contributed by atoms with van der Waals surface area (Å²) in [6.07, 6.45) is 4.29. The number of hydrogen-bond acceptors (Lipinski definition) is 7. The van der Waals surface area contributed by atoms with E-state index in [9.17, 15) is 4.79 Å². The predicted molar refractivity (Wildman–Crippen MR) is 126 cm³/mol. The second-order valence-corrected chi connectivity index (χ2v) is 9.54. The number of aliphatic imine (C=N–C) groups is 1. The van der Waals surface area contributed by atoms with Gasteiger partial charge in [0.15, 0.2) is 0 Å². The van der Waals surface area contributed by atoms with Gasteiger partial charge >= 0.3 is 0 Å². The molecule has 4 heterocycles. The third-order valence-electron chi connectivity index (χ3n) is 7.05. The monoisotopic (exact) mass is 449 g/mol. The van der Waals surface area contributed by atoms with Crippen molar-refractivity contribution in [2.75, 3.05) is 45.3 Å². The van der Waals surface area contributed by atoms with Gasteiger partial charge in [0.25, 0.3) is 0 Å². The van der Waals surface area contributed by atoms with Gasteiger partial charge < -0.3 is 19.3 Å². The fourth-order valence-corrected chi connectivity index (χ4v) is 5.25. The summed E-state index contributed by atoms with van der Waals surface area (Å²) in [6.45, 7) is 5.84. The first-order chi connectivity index (χ1) is 16.0. The average Bonchev–Trinajstić information content (AvgIpc) is 3.34. The fraction of sp³-hybridized carbons (Fsp3) is 0.520. The quantitative estimate of drug-likeness (QED) is 0.675. The molecule has 3 aliphatic rings. The van der Waals surface area contributed by atoms with Crippen LogP contribution >= 0.6 is 0 Å². The van der Waals surface area contributed by atoms with Crippen LogP contribution in [0.1, 0.15) is 43.0 Å². The highest BCUT2D eigenvalue weighted by molar-refractivity contribution is 6.14. The minimum absolute atomic E-state index is 0.0298. The van der Waals surface area contributed by atoms with Crippen LogP contribution in [0.3, 0.4) is 0 Å². The molecular formula is C25H31N5O3. The third kappa shape index (κ3) is 4.31. The van der Waals surface area contributed by atoms with Gasteiger partial charge in [-0.2, -0.15) is 0 Å². The lowest BCUT2D eigenvalue weighted by Gasteiger charge is -2.39. The SMILES string of the molecule is COC[C@H](C)Oc1ccc2c(c1)C(c1cc(N3CCC4(CC3)CC(=O)N(C)C4)ncn1)=NC2. The van der Waals surface area contributed by atoms with Crippen LogP contribution in [0.5, 0.6) is 5.75 Å². The number of rotatable bonds is 6. The van der Waals surface area contributed by atoms with Crippen molar-refractivity contribution < 1.29 is 14.3 Å². The molecule has 8 nitrogen and oxygen atoms in total. The van der Waals surface area contributed by atoms with Crippen LogP contribution in [0.25, 0.3) is 0 Å². The van der Waals surface area contributed by atoms with Crippen LogP contribution < -0.4 is 9.64 Å². The van der Waals surface area contributed by atoms with E-state index in [4.69, 9.17) is 14.5 Å². The minimum atomic E-state index is -0.0298. The van der Waals surface area contributed by atoms with Crippen LogP contribution in [-0.4, -0.2) is 73.0 Å². The average molecular weight is 450 g/mol. The number of nitrogens with zero attached hydrogens (tertiary/aromatic N) is 5. The molecule has 1 atom stereocenters. The van der Waals surface area contributed by atoms with E-state index in [2.05, 4.69) is 20.9 Å². The first-order valence-electron chi connectivity index (χ1n) is 11.6. The Morgan fingerprint density at radius 1 is 1.18 bits per heavy atom. The van der Waals surface area contributed by atoms with Gasteiger partial charge in [0, 0.05) is 57.3 Å². The first-order valence-corrected chi connectivity index (χ1v) is 11.6. The van der Waals surface area contributed by atoms with Crippen molar-refractivity contribution in [3.63, 3.8) is 0 Å². The predicted octanol–water partition coefficient (Wildman–Crippen LogP) is 2.69. The van der Waals surface area contributed by atoms with E-state index in [1.165, 1.54) is 5.56 Å². The Hall–Kier alpha value is -3.00. The number of fused-ring (bicyclic) bond motifs is 1. The van der Waals surface area contributed by atoms with Gasteiger partial charge in [-0.05, 0) is 37.5 Å². The molecule has 1 aromatic heterocycles. The summed E-state index contributed by atoms with van der Waals surface area (Å²) < 4.78 is 11.2. The standard InChI is InChI=1S/C25H31N5O3/c1-17(14-32-3)33-19-5-4-18-13-26-24(20(18)10-19)21-11-22(28-16-27-21)30-8-6-25(7-9-30)12-23(31)29(2)15-25/h4-5,10-11,16-17H,6-9,12-15H2,1-3H3/t17-/m0/s1. The maximum atomic E-state index is 12.1. The molecule has 0 bridgehead atoms. The number of carbonyl (C=O) groups excluding carboxylic acids is 1. The van der Waals surface area contributed by atoms with Crippen molar-refractivity contribution in [2.24, 2.45) is 10.4 Å². The summed E-state index contributed by atoms with van der Waals surface area (Å²) in [6, 6.07) is 8.16. The molecule has 1 spiro atoms. The minimum Gasteiger partial charge on any atom is -0.488 e. The van der Waals surface area contributed by atoms with Crippen molar-refractivity contribution in [2.45, 2.75) is 38.8 Å². The van der Waals surface area contributed by atoms with Crippen LogP contribution in [0.2, 0.25) is 0 Å². The molecule has 0 radical (unpaired) electrons. The number of piperidine rings is 1. The molecule has 5 rings (SSSR count). The maximum Gasteiger partial charge on any atom is 0.222 e. The fourth-order valence-electron chi connectivity index (χ4n) is 5.25. The van der Waals surface area contributed by atoms with Crippen molar-refractivity contribution in [3.05, 3.63) is 47.4 Å². The van der Waals surface area contributed by atoms with E-state index in [0.717, 1.165) is 61.0 Å². The molecule has 174 valence electrons. The Morgan fingerprint density at radius 3 is 2.73 bits per heavy atom. The molecule has 0 N–H and O–H groups in total.